The fraction of sp³-hybridized carbons (Fsp3) is 0.364. The van der Waals surface area contributed by atoms with Crippen molar-refractivity contribution < 1.29 is 0 Å². The Hall–Kier alpha value is -0.910. The predicted octanol–water partition coefficient (Wildman–Crippen LogP) is 4.19. The topological polar surface area (TPSA) is 50.7 Å². The normalized spacial score (nSPS) is 12.4. The second-order valence-corrected chi connectivity index (χ2v) is 5.35. The molecule has 0 aliphatic carbocycles. The Kier molecular flexibility index (Phi) is 4.74. The number of rotatable bonds is 5. The standard InChI is InChI=1S/C11H12Cl2N4S/c1-2-4-7(8-5-3-6-18-8)14-11-16-9(12)15-10(13)17-11/h3,5-7H,2,4H2,1H3,(H,14,15,16,17). The second-order valence-electron chi connectivity index (χ2n) is 3.70. The first-order chi connectivity index (χ1) is 8.69. The van der Waals surface area contributed by atoms with Crippen LogP contribution >= 0.6 is 34.5 Å². The predicted molar refractivity (Wildman–Crippen MR) is 75.4 cm³/mol. The first-order valence-electron chi connectivity index (χ1n) is 5.56. The van der Waals surface area contributed by atoms with Crippen LogP contribution in [0.5, 0.6) is 0 Å². The van der Waals surface area contributed by atoms with Gasteiger partial charge in [-0.3, -0.25) is 0 Å². The molecule has 4 nitrogen and oxygen atoms in total. The maximum atomic E-state index is 5.75. The molecule has 1 unspecified atom stereocenters. The monoisotopic (exact) mass is 302 g/mol. The van der Waals surface area contributed by atoms with E-state index >= 15 is 0 Å². The van der Waals surface area contributed by atoms with Gasteiger partial charge in [-0.25, -0.2) is 0 Å². The van der Waals surface area contributed by atoms with Gasteiger partial charge in [0.15, 0.2) is 0 Å². The van der Waals surface area contributed by atoms with Gasteiger partial charge in [-0.1, -0.05) is 19.4 Å². The van der Waals surface area contributed by atoms with Gasteiger partial charge < -0.3 is 5.32 Å². The zero-order valence-corrected chi connectivity index (χ0v) is 12.1. The van der Waals surface area contributed by atoms with Crippen molar-refractivity contribution >= 4 is 40.5 Å². The van der Waals surface area contributed by atoms with E-state index in [1.54, 1.807) is 11.3 Å². The fourth-order valence-electron chi connectivity index (χ4n) is 1.61. The van der Waals surface area contributed by atoms with Crippen molar-refractivity contribution in [2.75, 3.05) is 5.32 Å². The first kappa shape index (κ1) is 13.5. The van der Waals surface area contributed by atoms with E-state index in [0.29, 0.717) is 5.95 Å². The smallest absolute Gasteiger partial charge is 0.228 e. The van der Waals surface area contributed by atoms with Gasteiger partial charge in [-0.2, -0.15) is 15.0 Å². The van der Waals surface area contributed by atoms with Crippen LogP contribution in [-0.4, -0.2) is 15.0 Å². The van der Waals surface area contributed by atoms with Crippen molar-refractivity contribution in [3.63, 3.8) is 0 Å². The van der Waals surface area contributed by atoms with Crippen molar-refractivity contribution in [2.45, 2.75) is 25.8 Å². The Balaban J connectivity index is 2.18. The molecule has 2 heterocycles. The highest BCUT2D eigenvalue weighted by atomic mass is 35.5. The number of thiophene rings is 1. The number of aromatic nitrogens is 3. The van der Waals surface area contributed by atoms with Crippen LogP contribution in [0, 0.1) is 0 Å². The Bertz CT molecular complexity index is 483. The van der Waals surface area contributed by atoms with Gasteiger partial charge in [-0.15, -0.1) is 11.3 Å². The van der Waals surface area contributed by atoms with E-state index in [-0.39, 0.29) is 16.6 Å². The molecule has 1 atom stereocenters. The Morgan fingerprint density at radius 2 is 2.00 bits per heavy atom. The van der Waals surface area contributed by atoms with Gasteiger partial charge in [-0.05, 0) is 41.1 Å². The molecule has 18 heavy (non-hydrogen) atoms. The van der Waals surface area contributed by atoms with E-state index in [1.807, 2.05) is 11.4 Å². The van der Waals surface area contributed by atoms with Crippen molar-refractivity contribution in [2.24, 2.45) is 0 Å². The average molecular weight is 303 g/mol. The van der Waals surface area contributed by atoms with Gasteiger partial charge >= 0.3 is 0 Å². The third-order valence-electron chi connectivity index (χ3n) is 2.35. The molecule has 7 heteroatoms. The van der Waals surface area contributed by atoms with Crippen LogP contribution in [0.2, 0.25) is 10.6 Å². The highest BCUT2D eigenvalue weighted by Crippen LogP contribution is 2.26. The highest BCUT2D eigenvalue weighted by Gasteiger charge is 2.13. The molecule has 0 saturated heterocycles. The Morgan fingerprint density at radius 1 is 1.28 bits per heavy atom. The van der Waals surface area contributed by atoms with Gasteiger partial charge in [0, 0.05) is 4.88 Å². The lowest BCUT2D eigenvalue weighted by Crippen LogP contribution is -2.12. The Morgan fingerprint density at radius 3 is 2.56 bits per heavy atom. The molecule has 0 amide bonds. The summed E-state index contributed by atoms with van der Waals surface area (Å²) in [4.78, 5) is 13.0. The average Bonchev–Trinajstić information content (AvgIpc) is 2.80. The third-order valence-corrected chi connectivity index (χ3v) is 3.67. The van der Waals surface area contributed by atoms with Gasteiger partial charge in [0.05, 0.1) is 6.04 Å². The summed E-state index contributed by atoms with van der Waals surface area (Å²) in [5.74, 6) is 0.409. The maximum Gasteiger partial charge on any atom is 0.228 e. The summed E-state index contributed by atoms with van der Waals surface area (Å²) in [5, 5.41) is 5.48. The van der Waals surface area contributed by atoms with Crippen LogP contribution in [-0.2, 0) is 0 Å². The minimum absolute atomic E-state index is 0.0962. The summed E-state index contributed by atoms with van der Waals surface area (Å²) in [6, 6.07) is 4.28. The Labute approximate surface area is 119 Å². The molecular weight excluding hydrogens is 291 g/mol. The molecular formula is C11H12Cl2N4S. The lowest BCUT2D eigenvalue weighted by atomic mass is 10.1. The van der Waals surface area contributed by atoms with E-state index < -0.39 is 0 Å². The van der Waals surface area contributed by atoms with Crippen LogP contribution in [0.4, 0.5) is 5.95 Å². The number of halogens is 2. The molecule has 2 rings (SSSR count). The number of hydrogen-bond donors (Lipinski definition) is 1. The molecule has 2 aromatic rings. The number of anilines is 1. The first-order valence-corrected chi connectivity index (χ1v) is 7.19. The van der Waals surface area contributed by atoms with Gasteiger partial charge in [0.25, 0.3) is 0 Å². The zero-order chi connectivity index (χ0) is 13.0. The van der Waals surface area contributed by atoms with Crippen LogP contribution in [0.3, 0.4) is 0 Å². The number of nitrogens with zero attached hydrogens (tertiary/aromatic N) is 3. The number of nitrogens with one attached hydrogen (secondary N) is 1. The van der Waals surface area contributed by atoms with Gasteiger partial charge in [0.1, 0.15) is 0 Å². The largest absolute Gasteiger partial charge is 0.346 e. The molecule has 0 aliphatic rings. The summed E-state index contributed by atoms with van der Waals surface area (Å²) in [6.45, 7) is 2.13. The summed E-state index contributed by atoms with van der Waals surface area (Å²) >= 11 is 13.2. The van der Waals surface area contributed by atoms with Gasteiger partial charge in [0.2, 0.25) is 16.5 Å². The fourth-order valence-corrected chi connectivity index (χ4v) is 2.79. The maximum absolute atomic E-state index is 5.75. The molecule has 0 aliphatic heterocycles. The summed E-state index contributed by atoms with van der Waals surface area (Å²) in [5.41, 5.74) is 0. The van der Waals surface area contributed by atoms with Crippen LogP contribution in [0.1, 0.15) is 30.7 Å². The molecule has 0 bridgehead atoms. The van der Waals surface area contributed by atoms with Crippen LogP contribution in [0.15, 0.2) is 17.5 Å². The molecule has 0 aromatic carbocycles. The zero-order valence-electron chi connectivity index (χ0n) is 9.73. The van der Waals surface area contributed by atoms with E-state index in [0.717, 1.165) is 12.8 Å². The molecule has 2 aromatic heterocycles. The van der Waals surface area contributed by atoms with E-state index in [1.165, 1.54) is 4.88 Å². The quantitative estimate of drug-likeness (QED) is 0.899. The molecule has 0 saturated carbocycles. The SMILES string of the molecule is CCCC(Nc1nc(Cl)nc(Cl)n1)c1cccs1. The van der Waals surface area contributed by atoms with Crippen molar-refractivity contribution in [3.05, 3.63) is 33.0 Å². The molecule has 0 fully saturated rings. The van der Waals surface area contributed by atoms with Crippen molar-refractivity contribution in [1.29, 1.82) is 0 Å². The summed E-state index contributed by atoms with van der Waals surface area (Å²) < 4.78 is 0. The molecule has 0 spiro atoms. The van der Waals surface area contributed by atoms with Crippen molar-refractivity contribution in [3.8, 4) is 0 Å². The van der Waals surface area contributed by atoms with E-state index in [9.17, 15) is 0 Å². The van der Waals surface area contributed by atoms with E-state index in [4.69, 9.17) is 23.2 Å². The molecule has 1 N–H and O–H groups in total. The number of hydrogen-bond acceptors (Lipinski definition) is 5. The molecule has 96 valence electrons. The second kappa shape index (κ2) is 6.31. The minimum atomic E-state index is 0.0962. The lowest BCUT2D eigenvalue weighted by Gasteiger charge is -2.16. The highest BCUT2D eigenvalue weighted by molar-refractivity contribution is 7.10. The van der Waals surface area contributed by atoms with E-state index in [2.05, 4.69) is 33.3 Å². The van der Waals surface area contributed by atoms with Crippen LogP contribution in [0.25, 0.3) is 0 Å². The minimum Gasteiger partial charge on any atom is -0.346 e. The summed E-state index contributed by atoms with van der Waals surface area (Å²) in [6.07, 6.45) is 2.05. The summed E-state index contributed by atoms with van der Waals surface area (Å²) in [7, 11) is 0. The molecule has 0 radical (unpaired) electrons. The third kappa shape index (κ3) is 3.54. The van der Waals surface area contributed by atoms with Crippen LogP contribution < -0.4 is 5.32 Å². The van der Waals surface area contributed by atoms with Crippen molar-refractivity contribution in [1.82, 2.24) is 15.0 Å². The lowest BCUT2D eigenvalue weighted by molar-refractivity contribution is 0.680.